The smallest absolute Gasteiger partial charge is 0.335 e. The highest BCUT2D eigenvalue weighted by Crippen LogP contribution is 2.20. The molecule has 0 aromatic heterocycles. The van der Waals surface area contributed by atoms with E-state index < -0.39 is 48.4 Å². The van der Waals surface area contributed by atoms with Gasteiger partial charge in [0, 0.05) is 13.8 Å². The minimum Gasteiger partial charge on any atom is -0.479 e. The second-order valence-corrected chi connectivity index (χ2v) is 4.23. The van der Waals surface area contributed by atoms with E-state index in [0.29, 0.717) is 0 Å². The van der Waals surface area contributed by atoms with Crippen molar-refractivity contribution < 1.29 is 34.4 Å². The molecular weight excluding hydrogens is 260 g/mol. The van der Waals surface area contributed by atoms with E-state index in [2.05, 4.69) is 10.6 Å². The molecule has 1 aliphatic heterocycles. The molecule has 1 aliphatic rings. The minimum absolute atomic E-state index is 0.524. The number of aliphatic carboxylic acids is 1. The molecule has 108 valence electrons. The Hall–Kier alpha value is -1.71. The van der Waals surface area contributed by atoms with Crippen LogP contribution >= 0.6 is 0 Å². The van der Waals surface area contributed by atoms with Gasteiger partial charge in [0.2, 0.25) is 11.8 Å². The van der Waals surface area contributed by atoms with Crippen molar-refractivity contribution in [2.75, 3.05) is 0 Å². The van der Waals surface area contributed by atoms with Crippen LogP contribution in [0.25, 0.3) is 0 Å². The van der Waals surface area contributed by atoms with Gasteiger partial charge in [0.05, 0.1) is 6.04 Å². The van der Waals surface area contributed by atoms with Gasteiger partial charge in [0.25, 0.3) is 0 Å². The maximum Gasteiger partial charge on any atom is 0.335 e. The maximum absolute atomic E-state index is 11.1. The number of rotatable bonds is 3. The van der Waals surface area contributed by atoms with E-state index in [9.17, 15) is 24.6 Å². The highest BCUT2D eigenvalue weighted by Gasteiger charge is 2.48. The van der Waals surface area contributed by atoms with Crippen LogP contribution < -0.4 is 10.6 Å². The second kappa shape index (κ2) is 5.95. The van der Waals surface area contributed by atoms with Gasteiger partial charge in [-0.15, -0.1) is 0 Å². The van der Waals surface area contributed by atoms with E-state index in [4.69, 9.17) is 9.84 Å². The van der Waals surface area contributed by atoms with Gasteiger partial charge in [-0.25, -0.2) is 4.79 Å². The summed E-state index contributed by atoms with van der Waals surface area (Å²) in [7, 11) is 0. The van der Waals surface area contributed by atoms with Gasteiger partial charge in [-0.2, -0.15) is 0 Å². The SMILES string of the molecule is CC(=O)N[C@@H]1[C@@H](NC(C)=O)[C@H](O)[C@@H](C(=O)O)O[C@@H]1O. The van der Waals surface area contributed by atoms with Gasteiger partial charge in [-0.1, -0.05) is 0 Å². The zero-order chi connectivity index (χ0) is 14.7. The van der Waals surface area contributed by atoms with Crippen molar-refractivity contribution in [2.45, 2.75) is 44.4 Å². The zero-order valence-corrected chi connectivity index (χ0v) is 10.4. The number of hydrogen-bond acceptors (Lipinski definition) is 6. The van der Waals surface area contributed by atoms with E-state index in [1.54, 1.807) is 0 Å². The Bertz CT molecular complexity index is 386. The molecule has 1 fully saturated rings. The molecule has 2 amide bonds. The number of hydrogen-bond donors (Lipinski definition) is 5. The molecule has 0 aliphatic carbocycles. The predicted molar refractivity (Wildman–Crippen MR) is 59.7 cm³/mol. The molecular formula is C10H16N2O7. The van der Waals surface area contributed by atoms with Crippen LogP contribution in [0, 0.1) is 0 Å². The summed E-state index contributed by atoms with van der Waals surface area (Å²) in [5.74, 6) is -2.55. The van der Waals surface area contributed by atoms with Crippen molar-refractivity contribution in [3.05, 3.63) is 0 Å². The van der Waals surface area contributed by atoms with E-state index in [1.807, 2.05) is 0 Å². The Morgan fingerprint density at radius 3 is 1.89 bits per heavy atom. The number of amides is 2. The zero-order valence-electron chi connectivity index (χ0n) is 10.4. The lowest BCUT2D eigenvalue weighted by molar-refractivity contribution is -0.229. The molecule has 1 saturated heterocycles. The highest BCUT2D eigenvalue weighted by atomic mass is 16.6. The van der Waals surface area contributed by atoms with Crippen molar-refractivity contribution >= 4 is 17.8 Å². The molecule has 19 heavy (non-hydrogen) atoms. The van der Waals surface area contributed by atoms with Crippen molar-refractivity contribution in [1.29, 1.82) is 0 Å². The van der Waals surface area contributed by atoms with E-state index >= 15 is 0 Å². The summed E-state index contributed by atoms with van der Waals surface area (Å²) in [6, 6.07) is -2.32. The maximum atomic E-state index is 11.1. The number of carboxylic acid groups (broad SMARTS) is 1. The van der Waals surface area contributed by atoms with E-state index in [0.717, 1.165) is 6.92 Å². The number of carbonyl (C=O) groups excluding carboxylic acids is 2. The molecule has 0 saturated carbocycles. The Balaban J connectivity index is 2.98. The summed E-state index contributed by atoms with van der Waals surface area (Å²) in [6.45, 7) is 2.34. The molecule has 0 unspecified atom stereocenters. The lowest BCUT2D eigenvalue weighted by atomic mass is 9.93. The fraction of sp³-hybridized carbons (Fsp3) is 0.700. The predicted octanol–water partition coefficient (Wildman–Crippen LogP) is -2.84. The lowest BCUT2D eigenvalue weighted by Crippen LogP contribution is -2.69. The number of carboxylic acids is 1. The van der Waals surface area contributed by atoms with Gasteiger partial charge in [-0.05, 0) is 0 Å². The van der Waals surface area contributed by atoms with Crippen LogP contribution in [0.4, 0.5) is 0 Å². The van der Waals surface area contributed by atoms with E-state index in [1.165, 1.54) is 6.92 Å². The first-order valence-corrected chi connectivity index (χ1v) is 5.52. The third kappa shape index (κ3) is 3.63. The highest BCUT2D eigenvalue weighted by molar-refractivity contribution is 5.77. The van der Waals surface area contributed by atoms with Crippen molar-refractivity contribution in [1.82, 2.24) is 10.6 Å². The average molecular weight is 276 g/mol. The number of ether oxygens (including phenoxy) is 1. The van der Waals surface area contributed by atoms with Crippen molar-refractivity contribution in [3.63, 3.8) is 0 Å². The molecule has 0 radical (unpaired) electrons. The fourth-order valence-corrected chi connectivity index (χ4v) is 1.90. The van der Waals surface area contributed by atoms with Crippen molar-refractivity contribution in [3.8, 4) is 0 Å². The summed E-state index contributed by atoms with van der Waals surface area (Å²) in [6.07, 6.45) is -4.97. The van der Waals surface area contributed by atoms with Crippen LogP contribution in [0.5, 0.6) is 0 Å². The summed E-state index contributed by atoms with van der Waals surface area (Å²) in [5, 5.41) is 33.0. The van der Waals surface area contributed by atoms with E-state index in [-0.39, 0.29) is 0 Å². The van der Waals surface area contributed by atoms with Gasteiger partial charge in [-0.3, -0.25) is 9.59 Å². The molecule has 0 bridgehead atoms. The lowest BCUT2D eigenvalue weighted by Gasteiger charge is -2.41. The number of aliphatic hydroxyl groups excluding tert-OH is 2. The average Bonchev–Trinajstić information content (AvgIpc) is 2.26. The summed E-state index contributed by atoms with van der Waals surface area (Å²) < 4.78 is 4.73. The second-order valence-electron chi connectivity index (χ2n) is 4.23. The van der Waals surface area contributed by atoms with Crippen LogP contribution in [0.3, 0.4) is 0 Å². The minimum atomic E-state index is -1.70. The molecule has 1 rings (SSSR count). The molecule has 9 nitrogen and oxygen atoms in total. The number of nitrogens with one attached hydrogen (secondary N) is 2. The Kier molecular flexibility index (Phi) is 4.81. The first-order valence-electron chi connectivity index (χ1n) is 5.52. The van der Waals surface area contributed by atoms with Gasteiger partial charge in [0.15, 0.2) is 12.4 Å². The third-order valence-corrected chi connectivity index (χ3v) is 2.64. The molecule has 5 atom stereocenters. The molecule has 0 aromatic rings. The van der Waals surface area contributed by atoms with Gasteiger partial charge >= 0.3 is 5.97 Å². The van der Waals surface area contributed by atoms with Crippen LogP contribution in [0.1, 0.15) is 13.8 Å². The topological polar surface area (TPSA) is 145 Å². The molecule has 9 heteroatoms. The first-order chi connectivity index (χ1) is 8.73. The Morgan fingerprint density at radius 1 is 1.00 bits per heavy atom. The largest absolute Gasteiger partial charge is 0.479 e. The Labute approximate surface area is 108 Å². The summed E-state index contributed by atoms with van der Waals surface area (Å²) >= 11 is 0. The summed E-state index contributed by atoms with van der Waals surface area (Å²) in [5.41, 5.74) is 0. The molecule has 1 heterocycles. The monoisotopic (exact) mass is 276 g/mol. The van der Waals surface area contributed by atoms with Crippen LogP contribution in [-0.4, -0.2) is 63.7 Å². The number of carbonyl (C=O) groups is 3. The quantitative estimate of drug-likeness (QED) is 0.373. The van der Waals surface area contributed by atoms with Gasteiger partial charge < -0.3 is 30.7 Å². The summed E-state index contributed by atoms with van der Waals surface area (Å²) in [4.78, 5) is 33.0. The van der Waals surface area contributed by atoms with Crippen LogP contribution in [0.15, 0.2) is 0 Å². The normalized spacial score (nSPS) is 34.4. The van der Waals surface area contributed by atoms with Crippen molar-refractivity contribution in [2.24, 2.45) is 0 Å². The molecule has 0 spiro atoms. The Morgan fingerprint density at radius 2 is 1.47 bits per heavy atom. The van der Waals surface area contributed by atoms with Crippen LogP contribution in [-0.2, 0) is 19.1 Å². The number of aliphatic hydroxyl groups is 2. The fourth-order valence-electron chi connectivity index (χ4n) is 1.90. The molecule has 5 N–H and O–H groups in total. The third-order valence-electron chi connectivity index (χ3n) is 2.64. The van der Waals surface area contributed by atoms with Gasteiger partial charge in [0.1, 0.15) is 12.1 Å². The van der Waals surface area contributed by atoms with Crippen LogP contribution in [0.2, 0.25) is 0 Å². The standard InChI is InChI=1S/C10H16N2O7/c1-3(13)11-5-6(12-4(2)14)10(18)19-8(7(5)15)9(16)17/h5-8,10,15,18H,1-2H3,(H,11,13)(H,12,14)(H,16,17)/t5-,6-,7+,8+,10+/m1/s1. The molecule has 0 aromatic carbocycles. The first kappa shape index (κ1) is 15.3.